The maximum absolute atomic E-state index is 5.55. The highest BCUT2D eigenvalue weighted by Gasteiger charge is 2.03. The molecule has 1 atom stereocenters. The van der Waals surface area contributed by atoms with Crippen LogP contribution in [0.4, 0.5) is 0 Å². The van der Waals surface area contributed by atoms with E-state index < -0.39 is 0 Å². The zero-order chi connectivity index (χ0) is 9.84. The molecule has 1 rings (SSSR count). The van der Waals surface area contributed by atoms with E-state index in [1.54, 1.807) is 0 Å². The summed E-state index contributed by atoms with van der Waals surface area (Å²) in [6.07, 6.45) is 2.82. The minimum absolute atomic E-state index is 0.507. The molecule has 0 aromatic carbocycles. The summed E-state index contributed by atoms with van der Waals surface area (Å²) in [6.45, 7) is 4.93. The summed E-state index contributed by atoms with van der Waals surface area (Å²) in [5.74, 6) is 0.507. The van der Waals surface area contributed by atoms with Crippen LogP contribution < -0.4 is 5.73 Å². The number of pyridine rings is 1. The van der Waals surface area contributed by atoms with Gasteiger partial charge in [-0.15, -0.1) is 0 Å². The second-order valence-electron chi connectivity index (χ2n) is 3.47. The molecule has 0 saturated heterocycles. The first kappa shape index (κ1) is 10.7. The summed E-state index contributed by atoms with van der Waals surface area (Å²) in [6, 6.07) is 2.11. The Hall–Kier alpha value is -0.410. The molecule has 0 radical (unpaired) electrons. The Balaban J connectivity index is 2.73. The third kappa shape index (κ3) is 3.08. The lowest BCUT2D eigenvalue weighted by atomic mass is 10.0. The summed E-state index contributed by atoms with van der Waals surface area (Å²) in [5.41, 5.74) is 7.91. The maximum atomic E-state index is 5.55. The van der Waals surface area contributed by atoms with Crippen LogP contribution in [-0.4, -0.2) is 11.5 Å². The number of nitrogens with two attached hydrogens (primary N) is 1. The van der Waals surface area contributed by atoms with E-state index in [1.165, 1.54) is 5.56 Å². The Morgan fingerprint density at radius 2 is 2.31 bits per heavy atom. The van der Waals surface area contributed by atoms with Gasteiger partial charge in [0.1, 0.15) is 0 Å². The van der Waals surface area contributed by atoms with Gasteiger partial charge < -0.3 is 5.73 Å². The Morgan fingerprint density at radius 3 is 2.85 bits per heavy atom. The SMILES string of the molecule is Cc1cc(CC(C)CN)ncc1Br. The number of hydrogen-bond donors (Lipinski definition) is 1. The van der Waals surface area contributed by atoms with E-state index in [9.17, 15) is 0 Å². The van der Waals surface area contributed by atoms with Crippen molar-refractivity contribution in [1.82, 2.24) is 4.98 Å². The van der Waals surface area contributed by atoms with E-state index in [1.807, 2.05) is 6.20 Å². The lowest BCUT2D eigenvalue weighted by Gasteiger charge is -2.08. The van der Waals surface area contributed by atoms with E-state index >= 15 is 0 Å². The second kappa shape index (κ2) is 4.72. The van der Waals surface area contributed by atoms with Crippen LogP contribution in [0.15, 0.2) is 16.7 Å². The molecule has 1 aromatic heterocycles. The summed E-state index contributed by atoms with van der Waals surface area (Å²) in [7, 11) is 0. The highest BCUT2D eigenvalue weighted by atomic mass is 79.9. The molecule has 1 aromatic rings. The standard InChI is InChI=1S/C10H15BrN2/c1-7(5-12)3-9-4-8(2)10(11)6-13-9/h4,6-7H,3,5,12H2,1-2H3. The highest BCUT2D eigenvalue weighted by Crippen LogP contribution is 2.16. The first-order valence-corrected chi connectivity index (χ1v) is 5.24. The van der Waals surface area contributed by atoms with E-state index in [4.69, 9.17) is 5.73 Å². The number of halogens is 1. The van der Waals surface area contributed by atoms with Crippen molar-refractivity contribution >= 4 is 15.9 Å². The van der Waals surface area contributed by atoms with Crippen molar-refractivity contribution in [2.75, 3.05) is 6.54 Å². The molecule has 0 aliphatic rings. The van der Waals surface area contributed by atoms with Gasteiger partial charge in [-0.3, -0.25) is 4.98 Å². The topological polar surface area (TPSA) is 38.9 Å². The van der Waals surface area contributed by atoms with Crippen molar-refractivity contribution in [1.29, 1.82) is 0 Å². The predicted octanol–water partition coefficient (Wildman–Crippen LogP) is 2.29. The van der Waals surface area contributed by atoms with Crippen LogP contribution in [0.3, 0.4) is 0 Å². The van der Waals surface area contributed by atoms with Crippen molar-refractivity contribution in [3.8, 4) is 0 Å². The van der Waals surface area contributed by atoms with Gasteiger partial charge in [0.2, 0.25) is 0 Å². The van der Waals surface area contributed by atoms with Crippen LogP contribution in [0.1, 0.15) is 18.2 Å². The number of hydrogen-bond acceptors (Lipinski definition) is 2. The fourth-order valence-electron chi connectivity index (χ4n) is 1.15. The number of aromatic nitrogens is 1. The van der Waals surface area contributed by atoms with Gasteiger partial charge >= 0.3 is 0 Å². The number of nitrogens with zero attached hydrogens (tertiary/aromatic N) is 1. The quantitative estimate of drug-likeness (QED) is 0.884. The largest absolute Gasteiger partial charge is 0.330 e. The monoisotopic (exact) mass is 242 g/mol. The van der Waals surface area contributed by atoms with Gasteiger partial charge in [-0.1, -0.05) is 6.92 Å². The van der Waals surface area contributed by atoms with Crippen LogP contribution in [0.2, 0.25) is 0 Å². The van der Waals surface area contributed by atoms with Crippen molar-refractivity contribution < 1.29 is 0 Å². The predicted molar refractivity (Wildman–Crippen MR) is 58.6 cm³/mol. The van der Waals surface area contributed by atoms with E-state index in [-0.39, 0.29) is 0 Å². The Labute approximate surface area is 87.7 Å². The van der Waals surface area contributed by atoms with Gasteiger partial charge in [0.15, 0.2) is 0 Å². The van der Waals surface area contributed by atoms with Crippen molar-refractivity contribution in [3.63, 3.8) is 0 Å². The molecule has 0 spiro atoms. The average molecular weight is 243 g/mol. The molecule has 2 nitrogen and oxygen atoms in total. The normalized spacial score (nSPS) is 12.9. The van der Waals surface area contributed by atoms with Crippen molar-refractivity contribution in [2.24, 2.45) is 11.7 Å². The average Bonchev–Trinajstić information content (AvgIpc) is 2.11. The molecule has 13 heavy (non-hydrogen) atoms. The Bertz CT molecular complexity index is 286. The van der Waals surface area contributed by atoms with Crippen molar-refractivity contribution in [2.45, 2.75) is 20.3 Å². The Kier molecular flexibility index (Phi) is 3.88. The molecule has 0 amide bonds. The molecular formula is C10H15BrN2. The molecular weight excluding hydrogens is 228 g/mol. The molecule has 0 fully saturated rings. The second-order valence-corrected chi connectivity index (χ2v) is 4.32. The van der Waals surface area contributed by atoms with E-state index in [0.717, 1.165) is 23.1 Å². The summed E-state index contributed by atoms with van der Waals surface area (Å²) in [4.78, 5) is 4.32. The smallest absolute Gasteiger partial charge is 0.0416 e. The minimum Gasteiger partial charge on any atom is -0.330 e. The molecule has 0 aliphatic heterocycles. The zero-order valence-electron chi connectivity index (χ0n) is 8.05. The van der Waals surface area contributed by atoms with Gasteiger partial charge in [-0.25, -0.2) is 0 Å². The first-order valence-electron chi connectivity index (χ1n) is 4.44. The number of aryl methyl sites for hydroxylation is 1. The number of rotatable bonds is 3. The molecule has 2 N–H and O–H groups in total. The van der Waals surface area contributed by atoms with Gasteiger partial charge in [0.25, 0.3) is 0 Å². The molecule has 3 heteroatoms. The van der Waals surface area contributed by atoms with Gasteiger partial charge in [0.05, 0.1) is 0 Å². The van der Waals surface area contributed by atoms with Gasteiger partial charge in [-0.05, 0) is 53.4 Å². The molecule has 0 saturated carbocycles. The maximum Gasteiger partial charge on any atom is 0.0416 e. The van der Waals surface area contributed by atoms with E-state index in [0.29, 0.717) is 5.92 Å². The molecule has 0 aliphatic carbocycles. The third-order valence-electron chi connectivity index (χ3n) is 2.06. The van der Waals surface area contributed by atoms with Crippen LogP contribution in [0.25, 0.3) is 0 Å². The fourth-order valence-corrected chi connectivity index (χ4v) is 1.37. The van der Waals surface area contributed by atoms with Crippen molar-refractivity contribution in [3.05, 3.63) is 28.0 Å². The molecule has 72 valence electrons. The molecule has 1 heterocycles. The minimum atomic E-state index is 0.507. The van der Waals surface area contributed by atoms with E-state index in [2.05, 4.69) is 40.8 Å². The molecule has 0 bridgehead atoms. The highest BCUT2D eigenvalue weighted by molar-refractivity contribution is 9.10. The lowest BCUT2D eigenvalue weighted by molar-refractivity contribution is 0.584. The van der Waals surface area contributed by atoms with Crippen LogP contribution in [0.5, 0.6) is 0 Å². The zero-order valence-corrected chi connectivity index (χ0v) is 9.63. The molecule has 1 unspecified atom stereocenters. The Morgan fingerprint density at radius 1 is 1.62 bits per heavy atom. The van der Waals surface area contributed by atoms with Crippen LogP contribution >= 0.6 is 15.9 Å². The van der Waals surface area contributed by atoms with Crippen LogP contribution in [-0.2, 0) is 6.42 Å². The van der Waals surface area contributed by atoms with Gasteiger partial charge in [-0.2, -0.15) is 0 Å². The fraction of sp³-hybridized carbons (Fsp3) is 0.500. The summed E-state index contributed by atoms with van der Waals surface area (Å²) in [5, 5.41) is 0. The first-order chi connectivity index (χ1) is 6.13. The third-order valence-corrected chi connectivity index (χ3v) is 2.89. The lowest BCUT2D eigenvalue weighted by Crippen LogP contribution is -2.13. The van der Waals surface area contributed by atoms with Gasteiger partial charge in [0, 0.05) is 16.4 Å². The van der Waals surface area contributed by atoms with Crippen LogP contribution in [0, 0.1) is 12.8 Å². The summed E-state index contributed by atoms with van der Waals surface area (Å²) < 4.78 is 1.07. The summed E-state index contributed by atoms with van der Waals surface area (Å²) >= 11 is 3.43.